The molecule has 2 aliphatic rings. The molecule has 2 aliphatic heterocycles. The Morgan fingerprint density at radius 1 is 1.16 bits per heavy atom. The molecule has 0 unspecified atom stereocenters. The highest BCUT2D eigenvalue weighted by Crippen LogP contribution is 2.41. The Bertz CT molecular complexity index is 1070. The van der Waals surface area contributed by atoms with Crippen LogP contribution in [0.5, 0.6) is 0 Å². The lowest BCUT2D eigenvalue weighted by atomic mass is 9.97. The number of fused-ring (bicyclic) bond motifs is 1. The number of carboxylic acid groups (broad SMARTS) is 1. The summed E-state index contributed by atoms with van der Waals surface area (Å²) in [5.41, 5.74) is 1.92. The van der Waals surface area contributed by atoms with Crippen molar-refractivity contribution in [3.63, 3.8) is 0 Å². The lowest BCUT2D eigenvalue weighted by Gasteiger charge is -2.29. The van der Waals surface area contributed by atoms with Crippen LogP contribution in [0.25, 0.3) is 6.08 Å². The molecule has 9 heteroatoms. The first-order valence-corrected chi connectivity index (χ1v) is 12.5. The number of hydrogen-bond donors (Lipinski definition) is 1. The second-order valence-electron chi connectivity index (χ2n) is 7.58. The van der Waals surface area contributed by atoms with Gasteiger partial charge < -0.3 is 14.2 Å². The number of rotatable bonds is 5. The van der Waals surface area contributed by atoms with Crippen LogP contribution in [0.3, 0.4) is 0 Å². The number of amides is 1. The first-order chi connectivity index (χ1) is 15.4. The fourth-order valence-electron chi connectivity index (χ4n) is 3.65. The summed E-state index contributed by atoms with van der Waals surface area (Å²) in [5, 5.41) is 9.93. The summed E-state index contributed by atoms with van der Waals surface area (Å²) >= 11 is 16.0. The molecule has 0 aromatic heterocycles. The van der Waals surface area contributed by atoms with Gasteiger partial charge in [0.25, 0.3) is 0 Å². The molecule has 0 spiro atoms. The van der Waals surface area contributed by atoms with Gasteiger partial charge in [0.05, 0.1) is 22.6 Å². The largest absolute Gasteiger partial charge is 0.481 e. The molecule has 168 valence electrons. The molecule has 2 aromatic rings. The predicted octanol–water partition coefficient (Wildman–Crippen LogP) is 6.06. The topological polar surface area (TPSA) is 66.8 Å². The van der Waals surface area contributed by atoms with E-state index in [1.807, 2.05) is 18.2 Å². The molecule has 32 heavy (non-hydrogen) atoms. The van der Waals surface area contributed by atoms with E-state index in [-0.39, 0.29) is 11.8 Å². The summed E-state index contributed by atoms with van der Waals surface area (Å²) in [6.45, 7) is 1.58. The van der Waals surface area contributed by atoms with E-state index in [0.29, 0.717) is 48.1 Å². The van der Waals surface area contributed by atoms with Crippen LogP contribution in [-0.2, 0) is 20.2 Å². The first-order valence-electron chi connectivity index (χ1n) is 10.2. The Hall–Kier alpha value is -1.64. The summed E-state index contributed by atoms with van der Waals surface area (Å²) in [6, 6.07) is 9.99. The number of hydrogen-bond acceptors (Lipinski definition) is 5. The molecule has 5 nitrogen and oxygen atoms in total. The quantitative estimate of drug-likeness (QED) is 0.390. The summed E-state index contributed by atoms with van der Waals surface area (Å²) in [5.74, 6) is -1.32. The molecule has 0 radical (unpaired) electrons. The average molecular weight is 510 g/mol. The Morgan fingerprint density at radius 3 is 2.69 bits per heavy atom. The van der Waals surface area contributed by atoms with Crippen LogP contribution in [0.15, 0.2) is 51.1 Å². The number of likely N-dealkylation sites (tertiary alicyclic amines) is 1. The van der Waals surface area contributed by atoms with Gasteiger partial charge in [0.15, 0.2) is 0 Å². The summed E-state index contributed by atoms with van der Waals surface area (Å²) < 4.78 is 5.41. The third-order valence-corrected chi connectivity index (χ3v) is 8.42. The second kappa shape index (κ2) is 10.5. The Kier molecular flexibility index (Phi) is 7.74. The molecule has 0 atom stereocenters. The Morgan fingerprint density at radius 2 is 1.94 bits per heavy atom. The minimum atomic E-state index is -0.796. The van der Waals surface area contributed by atoms with Gasteiger partial charge in [0, 0.05) is 45.9 Å². The number of benzene rings is 2. The number of carboxylic acids is 1. The van der Waals surface area contributed by atoms with Crippen LogP contribution < -0.4 is 0 Å². The van der Waals surface area contributed by atoms with Crippen LogP contribution in [0.2, 0.25) is 10.0 Å². The molecule has 0 bridgehead atoms. The van der Waals surface area contributed by atoms with Crippen molar-refractivity contribution in [2.24, 2.45) is 5.92 Å². The zero-order chi connectivity index (χ0) is 22.7. The normalized spacial score (nSPS) is 16.9. The van der Waals surface area contributed by atoms with Crippen LogP contribution in [0, 0.1) is 5.92 Å². The van der Waals surface area contributed by atoms with Gasteiger partial charge in [-0.1, -0.05) is 41.0 Å². The average Bonchev–Trinajstić information content (AvgIpc) is 2.81. The van der Waals surface area contributed by atoms with Gasteiger partial charge in [0.1, 0.15) is 0 Å². The molecular formula is C23H21Cl2NO4S2. The van der Waals surface area contributed by atoms with Crippen molar-refractivity contribution >= 4 is 65.0 Å². The van der Waals surface area contributed by atoms with Crippen molar-refractivity contribution in [1.29, 1.82) is 0 Å². The van der Waals surface area contributed by atoms with E-state index in [0.717, 1.165) is 21.1 Å². The smallest absolute Gasteiger partial charge is 0.306 e. The monoisotopic (exact) mass is 509 g/mol. The third kappa shape index (κ3) is 5.46. The van der Waals surface area contributed by atoms with Gasteiger partial charge in [-0.15, -0.1) is 0 Å². The lowest BCUT2D eigenvalue weighted by molar-refractivity contribution is -0.144. The molecule has 4 rings (SSSR count). The van der Waals surface area contributed by atoms with Gasteiger partial charge in [-0.25, -0.2) is 0 Å². The zero-order valence-electron chi connectivity index (χ0n) is 17.1. The fourth-order valence-corrected chi connectivity index (χ4v) is 5.82. The van der Waals surface area contributed by atoms with Crippen molar-refractivity contribution in [3.8, 4) is 0 Å². The van der Waals surface area contributed by atoms with Gasteiger partial charge in [-0.3, -0.25) is 9.59 Å². The summed E-state index contributed by atoms with van der Waals surface area (Å²) in [6.07, 6.45) is 4.96. The SMILES string of the molecule is O=C(O)C1CCN(C(=O)/C=C/c2ccc(Sc3ccc4c(c3)CCOS4)c(Cl)c2Cl)CC1. The molecule has 1 N–H and O–H groups in total. The number of carbonyl (C=O) groups is 2. The molecule has 2 heterocycles. The van der Waals surface area contributed by atoms with Crippen LogP contribution in [0.4, 0.5) is 0 Å². The van der Waals surface area contributed by atoms with Crippen molar-refractivity contribution in [1.82, 2.24) is 4.90 Å². The molecule has 0 aliphatic carbocycles. The molecule has 2 aromatic carbocycles. The van der Waals surface area contributed by atoms with E-state index in [9.17, 15) is 9.59 Å². The minimum Gasteiger partial charge on any atom is -0.481 e. The summed E-state index contributed by atoms with van der Waals surface area (Å²) in [7, 11) is 0. The Balaban J connectivity index is 1.42. The number of carbonyl (C=O) groups excluding carboxylic acids is 1. The zero-order valence-corrected chi connectivity index (χ0v) is 20.2. The maximum atomic E-state index is 12.5. The standard InChI is InChI=1S/C23H21Cl2NO4S2/c24-21-14(2-6-20(27)26-10-7-15(8-11-26)23(28)29)1-4-19(22(21)25)31-17-3-5-18-16(13-17)9-12-30-32-18/h1-6,13,15H,7-12H2,(H,28,29)/b6-2+. The van der Waals surface area contributed by atoms with E-state index in [2.05, 4.69) is 12.1 Å². The highest BCUT2D eigenvalue weighted by atomic mass is 35.5. The maximum Gasteiger partial charge on any atom is 0.306 e. The van der Waals surface area contributed by atoms with Gasteiger partial charge in [0.2, 0.25) is 5.91 Å². The second-order valence-corrected chi connectivity index (χ2v) is 10.3. The van der Waals surface area contributed by atoms with E-state index in [1.54, 1.807) is 22.7 Å². The molecule has 1 saturated heterocycles. The van der Waals surface area contributed by atoms with E-state index in [1.165, 1.54) is 23.7 Å². The van der Waals surface area contributed by atoms with Crippen molar-refractivity contribution in [3.05, 3.63) is 57.6 Å². The molecule has 0 saturated carbocycles. The van der Waals surface area contributed by atoms with E-state index >= 15 is 0 Å². The highest BCUT2D eigenvalue weighted by Gasteiger charge is 2.26. The van der Waals surface area contributed by atoms with Crippen molar-refractivity contribution in [2.45, 2.75) is 33.9 Å². The van der Waals surface area contributed by atoms with Crippen LogP contribution in [-0.4, -0.2) is 41.6 Å². The number of piperidine rings is 1. The molecule has 1 fully saturated rings. The van der Waals surface area contributed by atoms with Crippen molar-refractivity contribution in [2.75, 3.05) is 19.7 Å². The minimum absolute atomic E-state index is 0.157. The number of nitrogens with zero attached hydrogens (tertiary/aromatic N) is 1. The number of aliphatic carboxylic acids is 1. The summed E-state index contributed by atoms with van der Waals surface area (Å²) in [4.78, 5) is 28.3. The van der Waals surface area contributed by atoms with Gasteiger partial charge in [-0.05, 0) is 60.7 Å². The fraction of sp³-hybridized carbons (Fsp3) is 0.304. The van der Waals surface area contributed by atoms with Gasteiger partial charge in [-0.2, -0.15) is 0 Å². The van der Waals surface area contributed by atoms with E-state index < -0.39 is 5.97 Å². The highest BCUT2D eigenvalue weighted by molar-refractivity contribution is 7.99. The van der Waals surface area contributed by atoms with Crippen molar-refractivity contribution < 1.29 is 18.9 Å². The van der Waals surface area contributed by atoms with E-state index in [4.69, 9.17) is 32.5 Å². The molecule has 1 amide bonds. The molecular weight excluding hydrogens is 489 g/mol. The van der Waals surface area contributed by atoms with Gasteiger partial charge >= 0.3 is 5.97 Å². The Labute approximate surface area is 205 Å². The lowest BCUT2D eigenvalue weighted by Crippen LogP contribution is -2.39. The number of halogens is 2. The van der Waals surface area contributed by atoms with Crippen LogP contribution in [0.1, 0.15) is 24.0 Å². The first kappa shape index (κ1) is 23.5. The maximum absolute atomic E-state index is 12.5. The predicted molar refractivity (Wildman–Crippen MR) is 129 cm³/mol. The third-order valence-electron chi connectivity index (χ3n) is 5.50. The van der Waals surface area contributed by atoms with Crippen LogP contribution >= 0.6 is 47.0 Å².